The zero-order valence-corrected chi connectivity index (χ0v) is 19.0. The summed E-state index contributed by atoms with van der Waals surface area (Å²) in [6, 6.07) is 18.7. The Morgan fingerprint density at radius 2 is 1.71 bits per heavy atom. The van der Waals surface area contributed by atoms with Crippen LogP contribution in [-0.4, -0.2) is 20.9 Å². The number of likely N-dealkylation sites (N-methyl/N-ethyl adjacent to an activating group) is 1. The van der Waals surface area contributed by atoms with Crippen LogP contribution in [0.1, 0.15) is 31.9 Å². The predicted molar refractivity (Wildman–Crippen MR) is 125 cm³/mol. The first-order chi connectivity index (χ1) is 14.6. The highest BCUT2D eigenvalue weighted by atomic mass is 32.2. The molecule has 1 aliphatic rings. The van der Waals surface area contributed by atoms with Crippen molar-refractivity contribution in [3.8, 4) is 0 Å². The van der Waals surface area contributed by atoms with E-state index in [0.29, 0.717) is 6.54 Å². The van der Waals surface area contributed by atoms with Gasteiger partial charge in [-0.1, -0.05) is 61.9 Å². The number of carbonyl (C=O) groups is 1. The van der Waals surface area contributed by atoms with E-state index in [1.807, 2.05) is 26.0 Å². The Labute approximate surface area is 183 Å². The monoisotopic (exact) mass is 434 g/mol. The number of nitrogens with zero attached hydrogens (tertiary/aromatic N) is 1. The minimum Gasteiger partial charge on any atom is -0.344 e. The molecule has 160 valence electrons. The molecule has 0 saturated heterocycles. The molecule has 1 heterocycles. The summed E-state index contributed by atoms with van der Waals surface area (Å²) in [6.45, 7) is 8.71. The van der Waals surface area contributed by atoms with Gasteiger partial charge in [0.2, 0.25) is 0 Å². The maximum absolute atomic E-state index is 12.8. The largest absolute Gasteiger partial charge is 0.344 e. The van der Waals surface area contributed by atoms with Crippen molar-refractivity contribution in [3.63, 3.8) is 0 Å². The van der Waals surface area contributed by atoms with Gasteiger partial charge in [0.1, 0.15) is 0 Å². The summed E-state index contributed by atoms with van der Waals surface area (Å²) in [5, 5.41) is 2.28. The molecular weight excluding hydrogens is 408 g/mol. The SMILES string of the molecule is CCN1C(=CC(=O)NS(=O)(=O)c2ccc(C)cc2)C(C)(C)c2c1ccc1ccccc21. The van der Waals surface area contributed by atoms with Crippen LogP contribution in [0.3, 0.4) is 0 Å². The minimum atomic E-state index is -3.94. The predicted octanol–water partition coefficient (Wildman–Crippen LogP) is 4.65. The molecule has 6 heteroatoms. The first kappa shape index (κ1) is 21.1. The number of sulfonamides is 1. The number of rotatable bonds is 4. The van der Waals surface area contributed by atoms with Gasteiger partial charge in [-0.3, -0.25) is 4.79 Å². The van der Waals surface area contributed by atoms with E-state index in [1.165, 1.54) is 18.2 Å². The summed E-state index contributed by atoms with van der Waals surface area (Å²) in [5.74, 6) is -0.654. The quantitative estimate of drug-likeness (QED) is 0.607. The van der Waals surface area contributed by atoms with Crippen molar-refractivity contribution in [2.45, 2.75) is 38.0 Å². The molecule has 3 aromatic carbocycles. The van der Waals surface area contributed by atoms with Crippen LogP contribution in [0.4, 0.5) is 5.69 Å². The van der Waals surface area contributed by atoms with E-state index in [1.54, 1.807) is 12.1 Å². The molecule has 0 aliphatic carbocycles. The summed E-state index contributed by atoms with van der Waals surface area (Å²) in [5.41, 5.74) is 3.46. The molecule has 1 amide bonds. The van der Waals surface area contributed by atoms with Gasteiger partial charge < -0.3 is 4.90 Å². The fourth-order valence-corrected chi connectivity index (χ4v) is 5.33. The Kier molecular flexibility index (Phi) is 5.13. The smallest absolute Gasteiger partial charge is 0.264 e. The highest BCUT2D eigenvalue weighted by Gasteiger charge is 2.41. The number of allylic oxidation sites excluding steroid dienone is 1. The maximum atomic E-state index is 12.8. The molecule has 0 atom stereocenters. The maximum Gasteiger partial charge on any atom is 0.264 e. The van der Waals surface area contributed by atoms with Crippen LogP contribution >= 0.6 is 0 Å². The molecule has 0 saturated carbocycles. The average Bonchev–Trinajstić information content (AvgIpc) is 2.94. The van der Waals surface area contributed by atoms with Gasteiger partial charge in [0.15, 0.2) is 0 Å². The van der Waals surface area contributed by atoms with Crippen molar-refractivity contribution in [2.24, 2.45) is 0 Å². The zero-order valence-electron chi connectivity index (χ0n) is 18.1. The van der Waals surface area contributed by atoms with Crippen molar-refractivity contribution in [3.05, 3.63) is 83.6 Å². The number of amides is 1. The van der Waals surface area contributed by atoms with Crippen LogP contribution in [0.2, 0.25) is 0 Å². The molecule has 0 bridgehead atoms. The Morgan fingerprint density at radius 1 is 1.03 bits per heavy atom. The van der Waals surface area contributed by atoms with E-state index in [0.717, 1.165) is 33.3 Å². The van der Waals surface area contributed by atoms with Gasteiger partial charge in [-0.25, -0.2) is 13.1 Å². The summed E-state index contributed by atoms with van der Waals surface area (Å²) in [4.78, 5) is 15.0. The fraction of sp³-hybridized carbons (Fsp3) is 0.240. The number of anilines is 1. The first-order valence-electron chi connectivity index (χ1n) is 10.3. The highest BCUT2D eigenvalue weighted by Crippen LogP contribution is 2.50. The number of hydrogen-bond acceptors (Lipinski definition) is 4. The van der Waals surface area contributed by atoms with Crippen LogP contribution in [-0.2, 0) is 20.2 Å². The number of benzene rings is 3. The number of aryl methyl sites for hydroxylation is 1. The van der Waals surface area contributed by atoms with Crippen LogP contribution in [0.5, 0.6) is 0 Å². The Bertz CT molecular complexity index is 1310. The van der Waals surface area contributed by atoms with Gasteiger partial charge >= 0.3 is 0 Å². The van der Waals surface area contributed by atoms with Crippen LogP contribution in [0.15, 0.2) is 77.3 Å². The van der Waals surface area contributed by atoms with Crippen LogP contribution < -0.4 is 9.62 Å². The zero-order chi connectivity index (χ0) is 22.4. The van der Waals surface area contributed by atoms with E-state index < -0.39 is 21.3 Å². The molecule has 0 aromatic heterocycles. The van der Waals surface area contributed by atoms with Gasteiger partial charge in [0.05, 0.1) is 4.90 Å². The van der Waals surface area contributed by atoms with E-state index >= 15 is 0 Å². The first-order valence-corrected chi connectivity index (χ1v) is 11.8. The summed E-state index contributed by atoms with van der Waals surface area (Å²) < 4.78 is 27.5. The third-order valence-electron chi connectivity index (χ3n) is 5.90. The molecule has 0 unspecified atom stereocenters. The normalized spacial score (nSPS) is 16.5. The summed E-state index contributed by atoms with van der Waals surface area (Å²) in [7, 11) is -3.94. The lowest BCUT2D eigenvalue weighted by atomic mass is 9.81. The molecule has 1 N–H and O–H groups in total. The lowest BCUT2D eigenvalue weighted by Gasteiger charge is -2.26. The molecule has 3 aromatic rings. The van der Waals surface area contributed by atoms with Crippen molar-refractivity contribution < 1.29 is 13.2 Å². The third kappa shape index (κ3) is 3.61. The molecule has 5 nitrogen and oxygen atoms in total. The van der Waals surface area contributed by atoms with Gasteiger partial charge in [0, 0.05) is 29.4 Å². The lowest BCUT2D eigenvalue weighted by molar-refractivity contribution is -0.114. The second-order valence-electron chi connectivity index (χ2n) is 8.36. The lowest BCUT2D eigenvalue weighted by Crippen LogP contribution is -2.33. The summed E-state index contributed by atoms with van der Waals surface area (Å²) in [6.07, 6.45) is 1.42. The highest BCUT2D eigenvalue weighted by molar-refractivity contribution is 7.90. The second-order valence-corrected chi connectivity index (χ2v) is 10.0. The second kappa shape index (κ2) is 7.54. The van der Waals surface area contributed by atoms with Crippen molar-refractivity contribution in [1.29, 1.82) is 0 Å². The van der Waals surface area contributed by atoms with Gasteiger partial charge in [-0.15, -0.1) is 0 Å². The molecule has 0 spiro atoms. The van der Waals surface area contributed by atoms with Gasteiger partial charge in [0.25, 0.3) is 15.9 Å². The number of nitrogens with one attached hydrogen (secondary N) is 1. The number of fused-ring (bicyclic) bond motifs is 3. The molecule has 4 rings (SSSR count). The van der Waals surface area contributed by atoms with E-state index in [2.05, 4.69) is 47.7 Å². The molecule has 31 heavy (non-hydrogen) atoms. The fourth-order valence-electron chi connectivity index (χ4n) is 4.40. The molecular formula is C25H26N2O3S. The molecule has 1 aliphatic heterocycles. The van der Waals surface area contributed by atoms with Gasteiger partial charge in [-0.2, -0.15) is 0 Å². The average molecular weight is 435 g/mol. The Hall–Kier alpha value is -3.12. The van der Waals surface area contributed by atoms with E-state index in [4.69, 9.17) is 0 Å². The standard InChI is InChI=1S/C25H26N2O3S/c1-5-27-21-15-12-18-8-6-7-9-20(18)24(21)25(3,4)22(27)16-23(28)26-31(29,30)19-13-10-17(2)11-14-19/h6-16H,5H2,1-4H3,(H,26,28). The van der Waals surface area contributed by atoms with E-state index in [9.17, 15) is 13.2 Å². The third-order valence-corrected chi connectivity index (χ3v) is 7.27. The molecule has 0 fully saturated rings. The Morgan fingerprint density at radius 3 is 2.39 bits per heavy atom. The van der Waals surface area contributed by atoms with Crippen molar-refractivity contribution in [2.75, 3.05) is 11.4 Å². The topological polar surface area (TPSA) is 66.5 Å². The van der Waals surface area contributed by atoms with Crippen LogP contribution in [0, 0.1) is 6.92 Å². The number of hydrogen-bond donors (Lipinski definition) is 1. The van der Waals surface area contributed by atoms with E-state index in [-0.39, 0.29) is 4.90 Å². The van der Waals surface area contributed by atoms with Crippen molar-refractivity contribution >= 4 is 32.4 Å². The minimum absolute atomic E-state index is 0.0668. The molecule has 0 radical (unpaired) electrons. The van der Waals surface area contributed by atoms with Crippen LogP contribution in [0.25, 0.3) is 10.8 Å². The Balaban J connectivity index is 1.73. The van der Waals surface area contributed by atoms with Gasteiger partial charge in [-0.05, 0) is 48.4 Å². The number of carbonyl (C=O) groups excluding carboxylic acids is 1. The summed E-state index contributed by atoms with van der Waals surface area (Å²) >= 11 is 0. The van der Waals surface area contributed by atoms with Crippen molar-refractivity contribution in [1.82, 2.24) is 4.72 Å².